The predicted molar refractivity (Wildman–Crippen MR) is 88.2 cm³/mol. The molecule has 0 aliphatic carbocycles. The number of halogens is 1. The van der Waals surface area contributed by atoms with Crippen LogP contribution in [0.4, 0.5) is 5.82 Å². The smallest absolute Gasteiger partial charge is 0.133 e. The number of benzene rings is 1. The highest BCUT2D eigenvalue weighted by Crippen LogP contribution is 2.28. The molecule has 1 aromatic carbocycles. The summed E-state index contributed by atoms with van der Waals surface area (Å²) in [5, 5.41) is 1.15. The topological polar surface area (TPSA) is 25.4 Å². The van der Waals surface area contributed by atoms with E-state index in [0.717, 1.165) is 54.8 Å². The number of rotatable bonds is 4. The molecule has 0 radical (unpaired) electrons. The van der Waals surface area contributed by atoms with Gasteiger partial charge in [0.05, 0.1) is 17.5 Å². The van der Waals surface area contributed by atoms with Crippen LogP contribution in [0.2, 0.25) is 0 Å². The average molecular weight is 305 g/mol. The number of hydrogen-bond acceptors (Lipinski definition) is 3. The van der Waals surface area contributed by atoms with Gasteiger partial charge in [0.15, 0.2) is 0 Å². The molecule has 0 N–H and O–H groups in total. The van der Waals surface area contributed by atoms with Crippen LogP contribution in [-0.2, 0) is 10.6 Å². The van der Waals surface area contributed by atoms with E-state index in [2.05, 4.69) is 30.0 Å². The van der Waals surface area contributed by atoms with Crippen molar-refractivity contribution in [3.05, 3.63) is 35.9 Å². The van der Waals surface area contributed by atoms with E-state index in [1.807, 2.05) is 12.1 Å². The Bertz CT molecular complexity index is 615. The van der Waals surface area contributed by atoms with E-state index < -0.39 is 0 Å². The molecule has 0 saturated carbocycles. The van der Waals surface area contributed by atoms with Gasteiger partial charge in [-0.2, -0.15) is 0 Å². The Morgan fingerprint density at radius 3 is 3.05 bits per heavy atom. The third-order valence-corrected chi connectivity index (χ3v) is 4.29. The van der Waals surface area contributed by atoms with E-state index in [1.165, 1.54) is 0 Å². The van der Waals surface area contributed by atoms with Crippen LogP contribution in [0.5, 0.6) is 0 Å². The van der Waals surface area contributed by atoms with Gasteiger partial charge in [-0.25, -0.2) is 4.98 Å². The quantitative estimate of drug-likeness (QED) is 0.799. The van der Waals surface area contributed by atoms with Crippen molar-refractivity contribution in [2.45, 2.75) is 31.7 Å². The molecule has 112 valence electrons. The van der Waals surface area contributed by atoms with Gasteiger partial charge in [0.1, 0.15) is 5.82 Å². The van der Waals surface area contributed by atoms with Crippen LogP contribution >= 0.6 is 11.6 Å². The zero-order chi connectivity index (χ0) is 14.7. The number of hydrogen-bond donors (Lipinski definition) is 0. The zero-order valence-corrected chi connectivity index (χ0v) is 13.1. The van der Waals surface area contributed by atoms with Crippen LogP contribution in [0.3, 0.4) is 0 Å². The van der Waals surface area contributed by atoms with Gasteiger partial charge in [-0.1, -0.05) is 18.2 Å². The number of piperidine rings is 1. The lowest BCUT2D eigenvalue weighted by molar-refractivity contribution is 0.0525. The highest BCUT2D eigenvalue weighted by molar-refractivity contribution is 6.17. The van der Waals surface area contributed by atoms with Crippen molar-refractivity contribution in [1.82, 2.24) is 4.98 Å². The highest BCUT2D eigenvalue weighted by Gasteiger charge is 2.23. The molecule has 2 aromatic rings. The monoisotopic (exact) mass is 304 g/mol. The van der Waals surface area contributed by atoms with Crippen LogP contribution in [0.15, 0.2) is 30.3 Å². The highest BCUT2D eigenvalue weighted by atomic mass is 35.5. The Kier molecular flexibility index (Phi) is 4.61. The number of alkyl halides is 1. The molecule has 0 amide bonds. The van der Waals surface area contributed by atoms with Crippen molar-refractivity contribution >= 4 is 28.3 Å². The van der Waals surface area contributed by atoms with Crippen LogP contribution in [0.25, 0.3) is 10.9 Å². The van der Waals surface area contributed by atoms with Gasteiger partial charge in [-0.15, -0.1) is 11.6 Å². The maximum absolute atomic E-state index is 6.15. The minimum Gasteiger partial charge on any atom is -0.377 e. The molecule has 1 unspecified atom stereocenters. The Labute approximate surface area is 130 Å². The van der Waals surface area contributed by atoms with Crippen molar-refractivity contribution in [3.63, 3.8) is 0 Å². The summed E-state index contributed by atoms with van der Waals surface area (Å²) in [4.78, 5) is 7.18. The third-order valence-electron chi connectivity index (χ3n) is 4.00. The fraction of sp³-hybridized carbons (Fsp3) is 0.471. The lowest BCUT2D eigenvalue weighted by atomic mass is 10.1. The van der Waals surface area contributed by atoms with Gasteiger partial charge in [-0.05, 0) is 31.9 Å². The maximum Gasteiger partial charge on any atom is 0.133 e. The molecule has 1 fully saturated rings. The Morgan fingerprint density at radius 2 is 2.24 bits per heavy atom. The molecule has 1 aliphatic rings. The van der Waals surface area contributed by atoms with Crippen molar-refractivity contribution in [2.75, 3.05) is 24.6 Å². The van der Waals surface area contributed by atoms with Crippen molar-refractivity contribution in [1.29, 1.82) is 0 Å². The lowest BCUT2D eigenvalue weighted by Gasteiger charge is -2.34. The average Bonchev–Trinajstić information content (AvgIpc) is 2.54. The van der Waals surface area contributed by atoms with E-state index >= 15 is 0 Å². The van der Waals surface area contributed by atoms with Gasteiger partial charge in [0, 0.05) is 30.6 Å². The summed E-state index contributed by atoms with van der Waals surface area (Å²) in [7, 11) is 0. The Hall–Kier alpha value is -1.32. The molecule has 4 heteroatoms. The molecule has 1 aromatic heterocycles. The van der Waals surface area contributed by atoms with Crippen LogP contribution < -0.4 is 4.90 Å². The second-order valence-electron chi connectivity index (χ2n) is 5.46. The van der Waals surface area contributed by atoms with Gasteiger partial charge in [-0.3, -0.25) is 0 Å². The first-order valence-electron chi connectivity index (χ1n) is 7.63. The number of para-hydroxylation sites is 1. The fourth-order valence-electron chi connectivity index (χ4n) is 3.02. The van der Waals surface area contributed by atoms with Gasteiger partial charge in [0.2, 0.25) is 0 Å². The molecule has 1 saturated heterocycles. The van der Waals surface area contributed by atoms with Gasteiger partial charge in [0.25, 0.3) is 0 Å². The lowest BCUT2D eigenvalue weighted by Crippen LogP contribution is -2.40. The molecule has 0 spiro atoms. The first kappa shape index (κ1) is 14.6. The SMILES string of the molecule is CCOC1CCCN(c2nc3ccccc3cc2CCl)C1. The number of aromatic nitrogens is 1. The third kappa shape index (κ3) is 3.14. The summed E-state index contributed by atoms with van der Waals surface area (Å²) in [5.41, 5.74) is 2.13. The molecule has 1 aliphatic heterocycles. The summed E-state index contributed by atoms with van der Waals surface area (Å²) in [5.74, 6) is 1.51. The number of ether oxygens (including phenoxy) is 1. The standard InChI is InChI=1S/C17H21ClN2O/c1-2-21-15-7-5-9-20(12-15)17-14(11-18)10-13-6-3-4-8-16(13)19-17/h3-4,6,8,10,15H,2,5,7,9,11-12H2,1H3. The normalized spacial score (nSPS) is 19.1. The Balaban J connectivity index is 1.94. The van der Waals surface area contributed by atoms with E-state index in [9.17, 15) is 0 Å². The molecule has 1 atom stereocenters. The number of nitrogens with zero attached hydrogens (tertiary/aromatic N) is 2. The first-order chi connectivity index (χ1) is 10.3. The summed E-state index contributed by atoms with van der Waals surface area (Å²) < 4.78 is 5.79. The fourth-order valence-corrected chi connectivity index (χ4v) is 3.22. The maximum atomic E-state index is 6.15. The molecular formula is C17H21ClN2O. The second-order valence-corrected chi connectivity index (χ2v) is 5.73. The van der Waals surface area contributed by atoms with E-state index in [0.29, 0.717) is 12.0 Å². The summed E-state index contributed by atoms with van der Waals surface area (Å²) >= 11 is 6.15. The van der Waals surface area contributed by atoms with E-state index in [4.69, 9.17) is 21.3 Å². The van der Waals surface area contributed by atoms with E-state index in [1.54, 1.807) is 0 Å². The van der Waals surface area contributed by atoms with Crippen molar-refractivity contribution in [3.8, 4) is 0 Å². The first-order valence-corrected chi connectivity index (χ1v) is 8.16. The molecular weight excluding hydrogens is 284 g/mol. The number of anilines is 1. The zero-order valence-electron chi connectivity index (χ0n) is 12.4. The van der Waals surface area contributed by atoms with Crippen LogP contribution in [0.1, 0.15) is 25.3 Å². The van der Waals surface area contributed by atoms with Gasteiger partial charge >= 0.3 is 0 Å². The van der Waals surface area contributed by atoms with Gasteiger partial charge < -0.3 is 9.64 Å². The molecule has 0 bridgehead atoms. The second kappa shape index (κ2) is 6.63. The largest absolute Gasteiger partial charge is 0.377 e. The molecule has 3 rings (SSSR count). The van der Waals surface area contributed by atoms with Crippen LogP contribution in [0, 0.1) is 0 Å². The van der Waals surface area contributed by atoms with E-state index in [-0.39, 0.29) is 0 Å². The minimum atomic E-state index is 0.306. The Morgan fingerprint density at radius 1 is 1.38 bits per heavy atom. The summed E-state index contributed by atoms with van der Waals surface area (Å²) in [6.07, 6.45) is 2.58. The van der Waals surface area contributed by atoms with Crippen molar-refractivity contribution in [2.24, 2.45) is 0 Å². The molecule has 2 heterocycles. The van der Waals surface area contributed by atoms with Crippen molar-refractivity contribution < 1.29 is 4.74 Å². The summed E-state index contributed by atoms with van der Waals surface area (Å²) in [6.45, 7) is 4.76. The van der Waals surface area contributed by atoms with Crippen LogP contribution in [-0.4, -0.2) is 30.8 Å². The number of fused-ring (bicyclic) bond motifs is 1. The predicted octanol–water partition coefficient (Wildman–Crippen LogP) is 3.98. The minimum absolute atomic E-state index is 0.306. The molecule has 3 nitrogen and oxygen atoms in total. The number of pyridine rings is 1. The summed E-state index contributed by atoms with van der Waals surface area (Å²) in [6, 6.07) is 10.4. The molecule has 21 heavy (non-hydrogen) atoms.